The summed E-state index contributed by atoms with van der Waals surface area (Å²) < 4.78 is 21.9. The van der Waals surface area contributed by atoms with Crippen molar-refractivity contribution in [3.63, 3.8) is 0 Å². The van der Waals surface area contributed by atoms with Gasteiger partial charge in [0.25, 0.3) is 0 Å². The monoisotopic (exact) mass is 245 g/mol. The molecule has 0 saturated heterocycles. The minimum atomic E-state index is -2.49. The van der Waals surface area contributed by atoms with Crippen molar-refractivity contribution in [1.82, 2.24) is 9.97 Å². The molecule has 6 nitrogen and oxygen atoms in total. The van der Waals surface area contributed by atoms with Gasteiger partial charge in [-0.3, -0.25) is 0 Å². The minimum absolute atomic E-state index is 0.256. The molecule has 0 saturated carbocycles. The quantitative estimate of drug-likeness (QED) is 0.594. The smallest absolute Gasteiger partial charge is 0.241 e. The van der Waals surface area contributed by atoms with Crippen LogP contribution < -0.4 is 16.0 Å². The van der Waals surface area contributed by atoms with Gasteiger partial charge in [0.1, 0.15) is 19.4 Å². The zero-order chi connectivity index (χ0) is 12.2. The van der Waals surface area contributed by atoms with E-state index in [1.807, 2.05) is 0 Å². The van der Waals surface area contributed by atoms with Gasteiger partial charge in [-0.1, -0.05) is 0 Å². The summed E-state index contributed by atoms with van der Waals surface area (Å²) in [6.45, 7) is 3.97. The molecule has 7 heteroatoms. The topological polar surface area (TPSA) is 87.3 Å². The standard InChI is InChI=1S/C9H16N3O3P/c1-14-4-5-15-8-7(10)6-11-9(12-8)16(2,3)13/h6H,4-5,10H2,1-3H3. The van der Waals surface area contributed by atoms with Crippen molar-refractivity contribution in [3.05, 3.63) is 6.20 Å². The van der Waals surface area contributed by atoms with Crippen molar-refractivity contribution in [2.45, 2.75) is 0 Å². The van der Waals surface area contributed by atoms with Crippen molar-refractivity contribution in [2.24, 2.45) is 0 Å². The first-order chi connectivity index (χ1) is 7.45. The summed E-state index contributed by atoms with van der Waals surface area (Å²) in [5.74, 6) is 0.256. The van der Waals surface area contributed by atoms with Crippen molar-refractivity contribution in [2.75, 3.05) is 39.4 Å². The number of hydrogen-bond donors (Lipinski definition) is 1. The zero-order valence-corrected chi connectivity index (χ0v) is 10.5. The van der Waals surface area contributed by atoms with E-state index < -0.39 is 7.14 Å². The van der Waals surface area contributed by atoms with Gasteiger partial charge in [0.05, 0.1) is 12.8 Å². The minimum Gasteiger partial charge on any atom is -0.474 e. The number of nitrogen functional groups attached to an aromatic ring is 1. The average molecular weight is 245 g/mol. The molecule has 0 unspecified atom stereocenters. The highest BCUT2D eigenvalue weighted by atomic mass is 31.2. The van der Waals surface area contributed by atoms with Gasteiger partial charge in [0.15, 0.2) is 5.57 Å². The Morgan fingerprint density at radius 2 is 2.12 bits per heavy atom. The fraction of sp³-hybridized carbons (Fsp3) is 0.556. The second-order valence-electron chi connectivity index (χ2n) is 3.62. The summed E-state index contributed by atoms with van der Waals surface area (Å²) in [7, 11) is -0.919. The Morgan fingerprint density at radius 3 is 2.69 bits per heavy atom. The Hall–Kier alpha value is -1.13. The van der Waals surface area contributed by atoms with Crippen LogP contribution in [-0.4, -0.2) is 43.6 Å². The van der Waals surface area contributed by atoms with E-state index in [1.54, 1.807) is 20.4 Å². The highest BCUT2D eigenvalue weighted by Crippen LogP contribution is 2.33. The molecule has 16 heavy (non-hydrogen) atoms. The van der Waals surface area contributed by atoms with Crippen LogP contribution in [-0.2, 0) is 9.30 Å². The van der Waals surface area contributed by atoms with Crippen LogP contribution in [0.1, 0.15) is 0 Å². The third kappa shape index (κ3) is 3.47. The van der Waals surface area contributed by atoms with Crippen LogP contribution in [0.25, 0.3) is 0 Å². The third-order valence-corrected chi connectivity index (χ3v) is 2.95. The van der Waals surface area contributed by atoms with Crippen molar-refractivity contribution in [1.29, 1.82) is 0 Å². The molecule has 0 fully saturated rings. The number of methoxy groups -OCH3 is 1. The van der Waals surface area contributed by atoms with Crippen LogP contribution in [0, 0.1) is 0 Å². The molecule has 0 radical (unpaired) electrons. The van der Waals surface area contributed by atoms with Gasteiger partial charge >= 0.3 is 0 Å². The lowest BCUT2D eigenvalue weighted by Gasteiger charge is -2.10. The molecule has 0 aliphatic heterocycles. The number of nitrogens with two attached hydrogens (primary N) is 1. The number of nitrogens with zero attached hydrogens (tertiary/aromatic N) is 2. The average Bonchev–Trinajstić information content (AvgIpc) is 2.19. The van der Waals surface area contributed by atoms with E-state index in [1.165, 1.54) is 6.20 Å². The molecule has 1 heterocycles. The molecule has 1 aromatic heterocycles. The van der Waals surface area contributed by atoms with E-state index in [-0.39, 0.29) is 11.4 Å². The Bertz CT molecular complexity index is 405. The van der Waals surface area contributed by atoms with E-state index in [0.717, 1.165) is 0 Å². The zero-order valence-electron chi connectivity index (χ0n) is 9.64. The SMILES string of the molecule is COCCOc1nc(P(C)(C)=O)ncc1N. The van der Waals surface area contributed by atoms with Gasteiger partial charge in [0.2, 0.25) is 5.88 Å². The molecule has 0 aliphatic carbocycles. The maximum atomic E-state index is 11.8. The van der Waals surface area contributed by atoms with Crippen LogP contribution in [0.15, 0.2) is 6.20 Å². The molecular formula is C9H16N3O3P. The van der Waals surface area contributed by atoms with Crippen molar-refractivity contribution < 1.29 is 14.0 Å². The van der Waals surface area contributed by atoms with E-state index in [9.17, 15) is 4.57 Å². The van der Waals surface area contributed by atoms with Crippen LogP contribution in [0.2, 0.25) is 0 Å². The molecule has 90 valence electrons. The lowest BCUT2D eigenvalue weighted by atomic mass is 10.5. The third-order valence-electron chi connectivity index (χ3n) is 1.78. The Morgan fingerprint density at radius 1 is 1.44 bits per heavy atom. The van der Waals surface area contributed by atoms with E-state index >= 15 is 0 Å². The summed E-state index contributed by atoms with van der Waals surface area (Å²) in [6, 6.07) is 0. The lowest BCUT2D eigenvalue weighted by molar-refractivity contribution is 0.144. The largest absolute Gasteiger partial charge is 0.474 e. The second kappa shape index (κ2) is 5.27. The Kier molecular flexibility index (Phi) is 4.26. The highest BCUT2D eigenvalue weighted by Gasteiger charge is 2.17. The lowest BCUT2D eigenvalue weighted by Crippen LogP contribution is -2.17. The van der Waals surface area contributed by atoms with Gasteiger partial charge < -0.3 is 19.8 Å². The molecule has 0 bridgehead atoms. The predicted molar refractivity (Wildman–Crippen MR) is 62.9 cm³/mol. The van der Waals surface area contributed by atoms with Crippen molar-refractivity contribution in [3.8, 4) is 5.88 Å². The van der Waals surface area contributed by atoms with E-state index in [0.29, 0.717) is 18.9 Å². The summed E-state index contributed by atoms with van der Waals surface area (Å²) in [5.41, 5.74) is 6.23. The fourth-order valence-electron chi connectivity index (χ4n) is 0.963. The second-order valence-corrected chi connectivity index (χ2v) is 6.72. The van der Waals surface area contributed by atoms with Gasteiger partial charge in [0, 0.05) is 7.11 Å². The molecule has 1 rings (SSSR count). The summed E-state index contributed by atoms with van der Waals surface area (Å²) in [4.78, 5) is 7.97. The first-order valence-electron chi connectivity index (χ1n) is 4.75. The number of hydrogen-bond acceptors (Lipinski definition) is 6. The maximum absolute atomic E-state index is 11.8. The first kappa shape index (κ1) is 12.9. The fourth-order valence-corrected chi connectivity index (χ4v) is 1.63. The molecular weight excluding hydrogens is 229 g/mol. The normalized spacial score (nSPS) is 11.4. The van der Waals surface area contributed by atoms with Crippen molar-refractivity contribution >= 4 is 18.4 Å². The number of anilines is 1. The predicted octanol–water partition coefficient (Wildman–Crippen LogP) is 0.332. The molecule has 0 aliphatic rings. The highest BCUT2D eigenvalue weighted by molar-refractivity contribution is 7.69. The Labute approximate surface area is 94.6 Å². The van der Waals surface area contributed by atoms with Gasteiger partial charge in [-0.2, -0.15) is 4.98 Å². The van der Waals surface area contributed by atoms with Crippen LogP contribution >= 0.6 is 7.14 Å². The van der Waals surface area contributed by atoms with Gasteiger partial charge in [-0.15, -0.1) is 0 Å². The molecule has 0 aromatic carbocycles. The summed E-state index contributed by atoms with van der Waals surface area (Å²) in [5, 5.41) is 0. The Balaban J connectivity index is 2.87. The van der Waals surface area contributed by atoms with Crippen LogP contribution in [0.4, 0.5) is 5.69 Å². The molecule has 0 spiro atoms. The first-order valence-corrected chi connectivity index (χ1v) is 7.35. The van der Waals surface area contributed by atoms with Gasteiger partial charge in [-0.25, -0.2) is 4.98 Å². The van der Waals surface area contributed by atoms with Crippen LogP contribution in [0.5, 0.6) is 5.88 Å². The number of ether oxygens (including phenoxy) is 2. The van der Waals surface area contributed by atoms with E-state index in [2.05, 4.69) is 9.97 Å². The molecule has 1 aromatic rings. The summed E-state index contributed by atoms with van der Waals surface area (Å²) in [6.07, 6.45) is 1.41. The van der Waals surface area contributed by atoms with E-state index in [4.69, 9.17) is 15.2 Å². The maximum Gasteiger partial charge on any atom is 0.241 e. The summed E-state index contributed by atoms with van der Waals surface area (Å²) >= 11 is 0. The number of rotatable bonds is 5. The van der Waals surface area contributed by atoms with Gasteiger partial charge in [-0.05, 0) is 13.3 Å². The molecule has 0 atom stereocenters. The number of aromatic nitrogens is 2. The molecule has 2 N–H and O–H groups in total. The molecule has 0 amide bonds. The van der Waals surface area contributed by atoms with Crippen LogP contribution in [0.3, 0.4) is 0 Å².